The van der Waals surface area contributed by atoms with Crippen LogP contribution in [-0.2, 0) is 23.9 Å². The van der Waals surface area contributed by atoms with Gasteiger partial charge in [-0.2, -0.15) is 0 Å². The van der Waals surface area contributed by atoms with Gasteiger partial charge in [-0.1, -0.05) is 61.9 Å². The zero-order valence-electron chi connectivity index (χ0n) is 23.8. The number of esters is 1. The number of carbonyl (C=O) groups excluding carboxylic acids is 3. The minimum absolute atomic E-state index is 0.0470. The largest absolute Gasteiger partial charge is 0.461 e. The predicted molar refractivity (Wildman–Crippen MR) is 157 cm³/mol. The van der Waals surface area contributed by atoms with Gasteiger partial charge < -0.3 is 24.4 Å². The molecule has 3 aliphatic heterocycles. The first-order chi connectivity index (χ1) is 19.8. The van der Waals surface area contributed by atoms with Crippen LogP contribution in [0.25, 0.3) is 10.8 Å². The Labute approximate surface area is 241 Å². The van der Waals surface area contributed by atoms with Crippen LogP contribution in [0, 0.1) is 11.8 Å². The average molecular weight is 561 g/mol. The molecule has 8 heteroatoms. The second-order valence-electron chi connectivity index (χ2n) is 11.6. The van der Waals surface area contributed by atoms with Crippen LogP contribution < -0.4 is 4.90 Å². The van der Waals surface area contributed by atoms with Crippen LogP contribution in [-0.4, -0.2) is 71.3 Å². The highest BCUT2D eigenvalue weighted by Crippen LogP contribution is 2.63. The van der Waals surface area contributed by atoms with E-state index < -0.39 is 35.0 Å². The molecule has 3 saturated heterocycles. The van der Waals surface area contributed by atoms with Crippen molar-refractivity contribution in [1.82, 2.24) is 4.90 Å². The molecule has 218 valence electrons. The Hall–Kier alpha value is -3.49. The van der Waals surface area contributed by atoms with Gasteiger partial charge in [-0.3, -0.25) is 14.4 Å². The normalized spacial score (nSPS) is 28.1. The smallest absolute Gasteiger partial charge is 0.313 e. The van der Waals surface area contributed by atoms with Gasteiger partial charge in [0.15, 0.2) is 0 Å². The Morgan fingerprint density at radius 1 is 1.10 bits per heavy atom. The highest BCUT2D eigenvalue weighted by molar-refractivity contribution is 6.05. The lowest BCUT2D eigenvalue weighted by Crippen LogP contribution is -2.56. The molecular formula is C33H40N2O6. The fraction of sp³-hybridized carbons (Fsp3) is 0.485. The zero-order valence-corrected chi connectivity index (χ0v) is 23.8. The summed E-state index contributed by atoms with van der Waals surface area (Å²) >= 11 is 0. The first-order valence-electron chi connectivity index (χ1n) is 14.6. The monoisotopic (exact) mass is 560 g/mol. The number of hydrogen-bond acceptors (Lipinski definition) is 6. The van der Waals surface area contributed by atoms with Crippen LogP contribution in [0.3, 0.4) is 0 Å². The average Bonchev–Trinajstić information content (AvgIpc) is 3.54. The summed E-state index contributed by atoms with van der Waals surface area (Å²) in [6.07, 6.45) is 7.25. The van der Waals surface area contributed by atoms with Crippen molar-refractivity contribution < 1.29 is 29.0 Å². The van der Waals surface area contributed by atoms with Crippen molar-refractivity contribution in [1.29, 1.82) is 0 Å². The molecule has 3 fully saturated rings. The van der Waals surface area contributed by atoms with E-state index in [2.05, 4.69) is 13.2 Å². The minimum atomic E-state index is -1.12. The SMILES string of the molecule is C=CCOC(=O)[C@H]1[C@H]2C(=O)N(CCCCCCO)C(C(=O)N(CC=C)c3ccc4ccccc4c3)C23CC[C@]1(C)O3. The Bertz CT molecular complexity index is 1340. The summed E-state index contributed by atoms with van der Waals surface area (Å²) in [7, 11) is 0. The molecule has 8 nitrogen and oxygen atoms in total. The number of likely N-dealkylation sites (tertiary alicyclic amines) is 1. The highest BCUT2D eigenvalue weighted by atomic mass is 16.6. The molecule has 2 aromatic rings. The number of fused-ring (bicyclic) bond motifs is 2. The van der Waals surface area contributed by atoms with Crippen LogP contribution >= 0.6 is 0 Å². The molecule has 2 bridgehead atoms. The Balaban J connectivity index is 1.53. The van der Waals surface area contributed by atoms with E-state index in [1.165, 1.54) is 6.08 Å². The third kappa shape index (κ3) is 4.97. The number of aliphatic hydroxyl groups excluding tert-OH is 1. The van der Waals surface area contributed by atoms with Gasteiger partial charge in [0.25, 0.3) is 5.91 Å². The molecule has 0 saturated carbocycles. The molecule has 1 N–H and O–H groups in total. The van der Waals surface area contributed by atoms with Gasteiger partial charge in [-0.05, 0) is 55.5 Å². The maximum absolute atomic E-state index is 14.7. The van der Waals surface area contributed by atoms with Crippen molar-refractivity contribution in [3.63, 3.8) is 0 Å². The van der Waals surface area contributed by atoms with E-state index in [0.29, 0.717) is 37.9 Å². The fourth-order valence-electron chi connectivity index (χ4n) is 7.23. The summed E-state index contributed by atoms with van der Waals surface area (Å²) in [6, 6.07) is 12.9. The van der Waals surface area contributed by atoms with Crippen molar-refractivity contribution in [3.05, 3.63) is 67.8 Å². The molecule has 2 aromatic carbocycles. The molecule has 41 heavy (non-hydrogen) atoms. The lowest BCUT2D eigenvalue weighted by atomic mass is 9.66. The number of aliphatic hydroxyl groups is 1. The van der Waals surface area contributed by atoms with Crippen LogP contribution in [0.4, 0.5) is 5.69 Å². The summed E-state index contributed by atoms with van der Waals surface area (Å²) in [6.45, 7) is 10.2. The van der Waals surface area contributed by atoms with Crippen molar-refractivity contribution in [2.24, 2.45) is 11.8 Å². The summed E-state index contributed by atoms with van der Waals surface area (Å²) in [5.74, 6) is -2.55. The van der Waals surface area contributed by atoms with Crippen molar-refractivity contribution >= 4 is 34.2 Å². The van der Waals surface area contributed by atoms with Crippen molar-refractivity contribution in [2.75, 3.05) is 31.2 Å². The zero-order chi connectivity index (χ0) is 29.2. The Kier molecular flexibility index (Phi) is 8.34. The van der Waals surface area contributed by atoms with Gasteiger partial charge in [0, 0.05) is 25.4 Å². The highest BCUT2D eigenvalue weighted by Gasteiger charge is 2.78. The maximum atomic E-state index is 14.7. The number of anilines is 1. The number of hydrogen-bond donors (Lipinski definition) is 1. The number of amides is 2. The number of nitrogens with zero attached hydrogens (tertiary/aromatic N) is 2. The molecule has 5 atom stereocenters. The predicted octanol–water partition coefficient (Wildman–Crippen LogP) is 4.41. The summed E-state index contributed by atoms with van der Waals surface area (Å²) in [5, 5.41) is 11.2. The van der Waals surface area contributed by atoms with Crippen LogP contribution in [0.15, 0.2) is 67.8 Å². The summed E-state index contributed by atoms with van der Waals surface area (Å²) in [4.78, 5) is 45.6. The minimum Gasteiger partial charge on any atom is -0.461 e. The molecule has 3 heterocycles. The molecule has 2 unspecified atom stereocenters. The van der Waals surface area contributed by atoms with E-state index in [1.54, 1.807) is 15.9 Å². The second-order valence-corrected chi connectivity index (χ2v) is 11.6. The quantitative estimate of drug-likeness (QED) is 0.222. The number of unbranched alkanes of at least 4 members (excludes halogenated alkanes) is 3. The van der Waals surface area contributed by atoms with E-state index >= 15 is 0 Å². The van der Waals surface area contributed by atoms with Gasteiger partial charge in [0.05, 0.1) is 11.5 Å². The number of benzene rings is 2. The topological polar surface area (TPSA) is 96.4 Å². The van der Waals surface area contributed by atoms with Crippen LogP contribution in [0.1, 0.15) is 45.4 Å². The van der Waals surface area contributed by atoms with E-state index in [0.717, 1.165) is 23.6 Å². The van der Waals surface area contributed by atoms with E-state index in [9.17, 15) is 19.5 Å². The Morgan fingerprint density at radius 3 is 2.59 bits per heavy atom. The number of rotatable bonds is 13. The maximum Gasteiger partial charge on any atom is 0.313 e. The first-order valence-corrected chi connectivity index (χ1v) is 14.6. The standard InChI is InChI=1S/C33H40N2O6/c1-4-18-34(25-15-14-23-12-8-9-13-24(23)22-25)30(38)28-33-17-16-32(3,41-33)27(31(39)40-21-5-2)26(33)29(37)35(28)19-10-6-7-11-20-36/h4-5,8-9,12-15,22,26-28,36H,1-2,6-7,10-11,16-21H2,3H3/t26-,27+,28?,32-,33?/m0/s1. The third-order valence-electron chi connectivity index (χ3n) is 9.04. The molecule has 5 rings (SSSR count). The summed E-state index contributed by atoms with van der Waals surface area (Å²) < 4.78 is 12.2. The molecule has 1 spiro atoms. The number of carbonyl (C=O) groups is 3. The molecular weight excluding hydrogens is 520 g/mol. The van der Waals surface area contributed by atoms with Gasteiger partial charge in [0.2, 0.25) is 5.91 Å². The van der Waals surface area contributed by atoms with E-state index in [-0.39, 0.29) is 31.6 Å². The molecule has 0 aromatic heterocycles. The third-order valence-corrected chi connectivity index (χ3v) is 9.04. The van der Waals surface area contributed by atoms with Crippen LogP contribution in [0.2, 0.25) is 0 Å². The molecule has 0 radical (unpaired) electrons. The Morgan fingerprint density at radius 2 is 1.85 bits per heavy atom. The summed E-state index contributed by atoms with van der Waals surface area (Å²) in [5.41, 5.74) is -1.30. The first kappa shape index (κ1) is 29.0. The lowest BCUT2D eigenvalue weighted by Gasteiger charge is -2.37. The van der Waals surface area contributed by atoms with Gasteiger partial charge in [-0.25, -0.2) is 0 Å². The van der Waals surface area contributed by atoms with Gasteiger partial charge >= 0.3 is 5.97 Å². The van der Waals surface area contributed by atoms with Crippen LogP contribution in [0.5, 0.6) is 0 Å². The van der Waals surface area contributed by atoms with E-state index in [1.807, 2.05) is 49.4 Å². The number of ether oxygens (including phenoxy) is 2. The van der Waals surface area contributed by atoms with Gasteiger partial charge in [0.1, 0.15) is 24.2 Å². The lowest BCUT2D eigenvalue weighted by molar-refractivity contribution is -0.158. The fourth-order valence-corrected chi connectivity index (χ4v) is 7.23. The molecule has 0 aliphatic carbocycles. The van der Waals surface area contributed by atoms with Crippen molar-refractivity contribution in [2.45, 2.75) is 62.7 Å². The van der Waals surface area contributed by atoms with E-state index in [4.69, 9.17) is 9.47 Å². The molecule has 2 amide bonds. The van der Waals surface area contributed by atoms with Gasteiger partial charge in [-0.15, -0.1) is 6.58 Å². The molecule has 3 aliphatic rings. The second kappa shape index (κ2) is 11.8. The van der Waals surface area contributed by atoms with Crippen molar-refractivity contribution in [3.8, 4) is 0 Å².